The van der Waals surface area contributed by atoms with Gasteiger partial charge in [0.25, 0.3) is 5.91 Å². The van der Waals surface area contributed by atoms with Crippen molar-refractivity contribution < 1.29 is 14.4 Å². The van der Waals surface area contributed by atoms with Crippen LogP contribution in [0.25, 0.3) is 0 Å². The van der Waals surface area contributed by atoms with Crippen molar-refractivity contribution in [3.63, 3.8) is 0 Å². The highest BCUT2D eigenvalue weighted by Crippen LogP contribution is 2.33. The largest absolute Gasteiger partial charge is 0.733 e. The molecule has 1 aliphatic heterocycles. The normalized spacial score (nSPS) is 18.4. The number of nitrogens with zero attached hydrogens (tertiary/aromatic N) is 1. The zero-order valence-corrected chi connectivity index (χ0v) is 8.89. The maximum Gasteiger partial charge on any atom is 0.265 e. The number of hydrogen-bond acceptors (Lipinski definition) is 5. The second kappa shape index (κ2) is 3.99. The number of amides is 1. The molecule has 2 rings (SSSR count). The first-order chi connectivity index (χ1) is 7.61. The molecule has 86 valence electrons. The Kier molecular flexibility index (Phi) is 2.67. The van der Waals surface area contributed by atoms with Gasteiger partial charge in [0.05, 0.1) is 18.5 Å². The molecule has 0 aliphatic carbocycles. The van der Waals surface area contributed by atoms with Crippen LogP contribution in [0.3, 0.4) is 0 Å². The van der Waals surface area contributed by atoms with Gasteiger partial charge in [-0.2, -0.15) is 0 Å². The van der Waals surface area contributed by atoms with Gasteiger partial charge in [0, 0.05) is 6.07 Å². The minimum Gasteiger partial charge on any atom is -0.733 e. The van der Waals surface area contributed by atoms with Crippen LogP contribution in [-0.2, 0) is 9.63 Å². The van der Waals surface area contributed by atoms with E-state index in [0.29, 0.717) is 22.4 Å². The quantitative estimate of drug-likeness (QED) is 0.764. The van der Waals surface area contributed by atoms with E-state index in [0.717, 1.165) is 0 Å². The topological polar surface area (TPSA) is 73.9 Å². The zero-order valence-electron chi connectivity index (χ0n) is 8.89. The molecule has 0 saturated carbocycles. The van der Waals surface area contributed by atoms with E-state index >= 15 is 0 Å². The van der Waals surface area contributed by atoms with E-state index in [9.17, 15) is 10.0 Å². The highest BCUT2D eigenvalue weighted by atomic mass is 16.9. The smallest absolute Gasteiger partial charge is 0.265 e. The first-order valence-electron chi connectivity index (χ1n) is 4.75. The fourth-order valence-electron chi connectivity index (χ4n) is 1.41. The minimum absolute atomic E-state index is 0.203. The highest BCUT2D eigenvalue weighted by Gasteiger charge is 2.23. The number of ether oxygens (including phenoxy) is 1. The Morgan fingerprint density at radius 2 is 2.31 bits per heavy atom. The first-order valence-corrected chi connectivity index (χ1v) is 4.75. The van der Waals surface area contributed by atoms with E-state index in [4.69, 9.17) is 4.74 Å². The number of carbonyl (C=O) groups excluding carboxylic acids is 1. The molecular weight excluding hydrogens is 212 g/mol. The molecule has 0 aromatic heterocycles. The fraction of sp³-hybridized carbons (Fsp3) is 0.300. The second-order valence-electron chi connectivity index (χ2n) is 3.37. The van der Waals surface area contributed by atoms with Crippen LogP contribution in [0, 0.1) is 5.21 Å². The van der Waals surface area contributed by atoms with Gasteiger partial charge in [-0.3, -0.25) is 9.63 Å². The van der Waals surface area contributed by atoms with E-state index in [1.54, 1.807) is 13.0 Å². The molecule has 6 nitrogen and oxygen atoms in total. The van der Waals surface area contributed by atoms with Gasteiger partial charge in [-0.1, -0.05) is 0 Å². The van der Waals surface area contributed by atoms with Gasteiger partial charge in [-0.05, 0) is 19.1 Å². The van der Waals surface area contributed by atoms with Crippen molar-refractivity contribution >= 4 is 17.3 Å². The molecule has 0 radical (unpaired) electrons. The molecule has 0 fully saturated rings. The summed E-state index contributed by atoms with van der Waals surface area (Å²) in [6.45, 7) is 1.64. The third-order valence-electron chi connectivity index (χ3n) is 2.27. The summed E-state index contributed by atoms with van der Waals surface area (Å²) in [7, 11) is 1.28. The lowest BCUT2D eigenvalue weighted by Crippen LogP contribution is -2.34. The van der Waals surface area contributed by atoms with Gasteiger partial charge < -0.3 is 20.5 Å². The third-order valence-corrected chi connectivity index (χ3v) is 2.27. The van der Waals surface area contributed by atoms with Gasteiger partial charge in [0.15, 0.2) is 6.10 Å². The van der Waals surface area contributed by atoms with E-state index < -0.39 is 6.10 Å². The van der Waals surface area contributed by atoms with Crippen LogP contribution in [0.5, 0.6) is 5.75 Å². The van der Waals surface area contributed by atoms with Crippen LogP contribution >= 0.6 is 0 Å². The van der Waals surface area contributed by atoms with Crippen LogP contribution < -0.4 is 15.3 Å². The maximum atomic E-state index is 11.3. The van der Waals surface area contributed by atoms with Gasteiger partial charge in [0.2, 0.25) is 0 Å². The van der Waals surface area contributed by atoms with E-state index in [1.165, 1.54) is 19.2 Å². The van der Waals surface area contributed by atoms with Crippen LogP contribution in [0.1, 0.15) is 6.92 Å². The molecule has 0 spiro atoms. The van der Waals surface area contributed by atoms with Crippen molar-refractivity contribution in [1.29, 1.82) is 0 Å². The van der Waals surface area contributed by atoms with Gasteiger partial charge >= 0.3 is 0 Å². The van der Waals surface area contributed by atoms with E-state index in [1.807, 2.05) is 0 Å². The van der Waals surface area contributed by atoms with Crippen molar-refractivity contribution in [3.8, 4) is 5.75 Å². The van der Waals surface area contributed by atoms with Crippen LogP contribution in [0.4, 0.5) is 11.4 Å². The standard InChI is InChI=1S/C10H11N2O4/c1-6-10(13)11-8-4-3-7(12(14)15-2)5-9(8)16-6/h3-6H,1-2H3,(H,11,13)/q-1. The molecule has 1 N–H and O–H groups in total. The van der Waals surface area contributed by atoms with Crippen LogP contribution in [-0.4, -0.2) is 19.1 Å². The molecule has 16 heavy (non-hydrogen) atoms. The Morgan fingerprint density at radius 1 is 1.56 bits per heavy atom. The number of fused-ring (bicyclic) bond motifs is 1. The monoisotopic (exact) mass is 223 g/mol. The minimum atomic E-state index is -0.564. The Morgan fingerprint density at radius 3 is 3.00 bits per heavy atom. The molecule has 1 aliphatic rings. The number of anilines is 2. The zero-order chi connectivity index (χ0) is 11.7. The Balaban J connectivity index is 2.32. The third kappa shape index (κ3) is 1.80. The number of benzene rings is 1. The fourth-order valence-corrected chi connectivity index (χ4v) is 1.41. The summed E-state index contributed by atoms with van der Waals surface area (Å²) in [6.07, 6.45) is -0.564. The molecule has 6 heteroatoms. The van der Waals surface area contributed by atoms with Crippen molar-refractivity contribution in [2.75, 3.05) is 17.7 Å². The van der Waals surface area contributed by atoms with Crippen LogP contribution in [0.15, 0.2) is 18.2 Å². The average Bonchev–Trinajstić information content (AvgIpc) is 2.29. The van der Waals surface area contributed by atoms with E-state index in [2.05, 4.69) is 10.2 Å². The lowest BCUT2D eigenvalue weighted by molar-refractivity contribution is -0.122. The van der Waals surface area contributed by atoms with Crippen molar-refractivity contribution in [2.24, 2.45) is 0 Å². The molecule has 0 bridgehead atoms. The number of hydrogen-bond donors (Lipinski definition) is 1. The molecule has 1 unspecified atom stereocenters. The summed E-state index contributed by atoms with van der Waals surface area (Å²) in [5.74, 6) is 0.258. The number of carbonyl (C=O) groups is 1. The summed E-state index contributed by atoms with van der Waals surface area (Å²) in [6, 6.07) is 4.65. The van der Waals surface area contributed by atoms with Gasteiger partial charge in [-0.25, -0.2) is 0 Å². The second-order valence-corrected chi connectivity index (χ2v) is 3.37. The molecule has 1 aromatic carbocycles. The average molecular weight is 223 g/mol. The Bertz CT molecular complexity index is 421. The molecule has 1 aromatic rings. The number of nitrogens with one attached hydrogen (secondary N) is 1. The summed E-state index contributed by atoms with van der Waals surface area (Å²) in [5.41, 5.74) is 0.862. The van der Waals surface area contributed by atoms with Gasteiger partial charge in [-0.15, -0.1) is 0 Å². The van der Waals surface area contributed by atoms with Crippen molar-refractivity contribution in [3.05, 3.63) is 23.4 Å². The predicted molar refractivity (Wildman–Crippen MR) is 58.0 cm³/mol. The van der Waals surface area contributed by atoms with E-state index in [-0.39, 0.29) is 5.91 Å². The lowest BCUT2D eigenvalue weighted by Gasteiger charge is -2.29. The highest BCUT2D eigenvalue weighted by molar-refractivity contribution is 5.97. The SMILES string of the molecule is CON([O-])c1ccc2c(c1)OC(C)C(=O)N2. The molecule has 1 amide bonds. The maximum absolute atomic E-state index is 11.3. The summed E-state index contributed by atoms with van der Waals surface area (Å²) in [5, 5.41) is 14.2. The summed E-state index contributed by atoms with van der Waals surface area (Å²) < 4.78 is 5.35. The summed E-state index contributed by atoms with van der Waals surface area (Å²) >= 11 is 0. The molecule has 1 atom stereocenters. The van der Waals surface area contributed by atoms with Gasteiger partial charge in [0.1, 0.15) is 5.75 Å². The Hall–Kier alpha value is -1.79. The van der Waals surface area contributed by atoms with Crippen LogP contribution in [0.2, 0.25) is 0 Å². The predicted octanol–water partition coefficient (Wildman–Crippen LogP) is 1.27. The molecular formula is C10H11N2O4-. The first kappa shape index (κ1) is 10.7. The number of rotatable bonds is 2. The molecule has 1 heterocycles. The molecule has 0 saturated heterocycles. The lowest BCUT2D eigenvalue weighted by atomic mass is 10.2. The van der Waals surface area contributed by atoms with Crippen molar-refractivity contribution in [2.45, 2.75) is 13.0 Å². The van der Waals surface area contributed by atoms with Crippen molar-refractivity contribution in [1.82, 2.24) is 0 Å². The summed E-state index contributed by atoms with van der Waals surface area (Å²) in [4.78, 5) is 15.8. The Labute approximate surface area is 92.3 Å².